The van der Waals surface area contributed by atoms with E-state index in [9.17, 15) is 0 Å². The van der Waals surface area contributed by atoms with Gasteiger partial charge >= 0.3 is 0 Å². The molecule has 0 aliphatic rings. The van der Waals surface area contributed by atoms with Crippen molar-refractivity contribution in [2.45, 2.75) is 18.2 Å². The van der Waals surface area contributed by atoms with Gasteiger partial charge in [0.1, 0.15) is 0 Å². The molecule has 3 nitrogen and oxygen atoms in total. The standard InChI is InChI=1S/C11H10Br3N3/c1-2-8(13)10-6-17(16-15-10)11-4-3-7(12)5-9(11)14/h3-6,8H,2H2,1H3. The average Bonchev–Trinajstić information content (AvgIpc) is 2.77. The van der Waals surface area contributed by atoms with Crippen LogP contribution in [0.25, 0.3) is 5.69 Å². The highest BCUT2D eigenvalue weighted by atomic mass is 79.9. The smallest absolute Gasteiger partial charge is 0.0967 e. The van der Waals surface area contributed by atoms with Crippen LogP contribution < -0.4 is 0 Å². The molecule has 0 spiro atoms. The number of hydrogen-bond acceptors (Lipinski definition) is 2. The Morgan fingerprint density at radius 1 is 1.35 bits per heavy atom. The molecule has 1 heterocycles. The summed E-state index contributed by atoms with van der Waals surface area (Å²) in [6.07, 6.45) is 2.93. The minimum absolute atomic E-state index is 0.255. The molecule has 0 saturated heterocycles. The maximum atomic E-state index is 4.16. The highest BCUT2D eigenvalue weighted by molar-refractivity contribution is 9.11. The molecule has 0 saturated carbocycles. The van der Waals surface area contributed by atoms with Gasteiger partial charge in [0.2, 0.25) is 0 Å². The third kappa shape index (κ3) is 2.98. The second-order valence-electron chi connectivity index (χ2n) is 3.56. The molecule has 1 aromatic heterocycles. The third-order valence-electron chi connectivity index (χ3n) is 2.35. The van der Waals surface area contributed by atoms with Crippen molar-refractivity contribution in [3.05, 3.63) is 39.0 Å². The van der Waals surface area contributed by atoms with E-state index in [1.165, 1.54) is 0 Å². The summed E-state index contributed by atoms with van der Waals surface area (Å²) >= 11 is 10.5. The Hall–Kier alpha value is -0.200. The molecule has 0 N–H and O–H groups in total. The molecular weight excluding hydrogens is 414 g/mol. The molecule has 0 aliphatic heterocycles. The maximum Gasteiger partial charge on any atom is 0.0967 e. The lowest BCUT2D eigenvalue weighted by Gasteiger charge is -2.04. The van der Waals surface area contributed by atoms with E-state index < -0.39 is 0 Å². The molecule has 0 aliphatic carbocycles. The fraction of sp³-hybridized carbons (Fsp3) is 0.273. The number of aromatic nitrogens is 3. The number of halogens is 3. The Kier molecular flexibility index (Phi) is 4.38. The van der Waals surface area contributed by atoms with Crippen LogP contribution in [0.3, 0.4) is 0 Å². The highest BCUT2D eigenvalue weighted by Crippen LogP contribution is 2.27. The molecule has 6 heteroatoms. The molecule has 1 unspecified atom stereocenters. The number of nitrogens with zero attached hydrogens (tertiary/aromatic N) is 3. The zero-order chi connectivity index (χ0) is 12.4. The van der Waals surface area contributed by atoms with E-state index in [1.54, 1.807) is 4.68 Å². The molecule has 90 valence electrons. The summed E-state index contributed by atoms with van der Waals surface area (Å²) in [5.74, 6) is 0. The van der Waals surface area contributed by atoms with Crippen LogP contribution in [-0.4, -0.2) is 15.0 Å². The van der Waals surface area contributed by atoms with Gasteiger partial charge in [0.25, 0.3) is 0 Å². The molecule has 1 atom stereocenters. The van der Waals surface area contributed by atoms with E-state index in [1.807, 2.05) is 24.4 Å². The average molecular weight is 424 g/mol. The number of benzene rings is 1. The van der Waals surface area contributed by atoms with Crippen molar-refractivity contribution in [1.82, 2.24) is 15.0 Å². The van der Waals surface area contributed by atoms with Gasteiger partial charge in [0.15, 0.2) is 0 Å². The lowest BCUT2D eigenvalue weighted by molar-refractivity contribution is 0.788. The zero-order valence-corrected chi connectivity index (χ0v) is 13.8. The molecule has 0 radical (unpaired) electrons. The van der Waals surface area contributed by atoms with Gasteiger partial charge in [-0.2, -0.15) is 0 Å². The molecule has 17 heavy (non-hydrogen) atoms. The molecule has 1 aromatic carbocycles. The Morgan fingerprint density at radius 2 is 2.12 bits per heavy atom. The van der Waals surface area contributed by atoms with Gasteiger partial charge in [0, 0.05) is 8.95 Å². The zero-order valence-electron chi connectivity index (χ0n) is 9.07. The first-order chi connectivity index (χ1) is 8.11. The van der Waals surface area contributed by atoms with Crippen LogP contribution in [0.5, 0.6) is 0 Å². The van der Waals surface area contributed by atoms with E-state index in [-0.39, 0.29) is 4.83 Å². The molecule has 2 rings (SSSR count). The van der Waals surface area contributed by atoms with Crippen LogP contribution in [0.1, 0.15) is 23.9 Å². The SMILES string of the molecule is CCC(Br)c1cn(-c2ccc(Br)cc2Br)nn1. The minimum Gasteiger partial charge on any atom is -0.219 e. The van der Waals surface area contributed by atoms with E-state index in [0.717, 1.165) is 26.7 Å². The van der Waals surface area contributed by atoms with Crippen LogP contribution in [0.2, 0.25) is 0 Å². The molecule has 0 amide bonds. The van der Waals surface area contributed by atoms with Gasteiger partial charge in [-0.1, -0.05) is 44.0 Å². The van der Waals surface area contributed by atoms with Crippen LogP contribution in [0.4, 0.5) is 0 Å². The van der Waals surface area contributed by atoms with Gasteiger partial charge in [-0.15, -0.1) is 5.10 Å². The van der Waals surface area contributed by atoms with Gasteiger partial charge in [-0.05, 0) is 40.5 Å². The first-order valence-corrected chi connectivity index (χ1v) is 7.63. The summed E-state index contributed by atoms with van der Waals surface area (Å²) < 4.78 is 3.78. The normalized spacial score (nSPS) is 12.7. The number of rotatable bonds is 3. The first-order valence-electron chi connectivity index (χ1n) is 5.13. The topological polar surface area (TPSA) is 30.7 Å². The summed E-state index contributed by atoms with van der Waals surface area (Å²) in [5.41, 5.74) is 1.92. The summed E-state index contributed by atoms with van der Waals surface area (Å²) in [4.78, 5) is 0.255. The summed E-state index contributed by atoms with van der Waals surface area (Å²) in [6.45, 7) is 2.11. The quantitative estimate of drug-likeness (QED) is 0.673. The van der Waals surface area contributed by atoms with E-state index in [4.69, 9.17) is 0 Å². The van der Waals surface area contributed by atoms with Gasteiger partial charge in [0.05, 0.1) is 22.4 Å². The lowest BCUT2D eigenvalue weighted by atomic mass is 10.3. The van der Waals surface area contributed by atoms with Crippen LogP contribution in [0.15, 0.2) is 33.3 Å². The van der Waals surface area contributed by atoms with E-state index in [2.05, 4.69) is 65.0 Å². The monoisotopic (exact) mass is 421 g/mol. The van der Waals surface area contributed by atoms with Gasteiger partial charge in [-0.25, -0.2) is 4.68 Å². The first kappa shape index (κ1) is 13.2. The fourth-order valence-corrected chi connectivity index (χ4v) is 2.85. The van der Waals surface area contributed by atoms with Crippen LogP contribution >= 0.6 is 47.8 Å². The van der Waals surface area contributed by atoms with Crippen molar-refractivity contribution in [3.63, 3.8) is 0 Å². The fourth-order valence-electron chi connectivity index (χ4n) is 1.41. The largest absolute Gasteiger partial charge is 0.219 e. The third-order valence-corrected chi connectivity index (χ3v) is 4.59. The summed E-state index contributed by atoms with van der Waals surface area (Å²) in [7, 11) is 0. The maximum absolute atomic E-state index is 4.16. The van der Waals surface area contributed by atoms with E-state index in [0.29, 0.717) is 0 Å². The Bertz CT molecular complexity index is 524. The van der Waals surface area contributed by atoms with Crippen LogP contribution in [-0.2, 0) is 0 Å². The molecule has 0 bridgehead atoms. The van der Waals surface area contributed by atoms with Gasteiger partial charge < -0.3 is 0 Å². The highest BCUT2D eigenvalue weighted by Gasteiger charge is 2.11. The Morgan fingerprint density at radius 3 is 2.76 bits per heavy atom. The second kappa shape index (κ2) is 5.63. The van der Waals surface area contributed by atoms with Crippen molar-refractivity contribution >= 4 is 47.8 Å². The molecule has 2 aromatic rings. The summed E-state index contributed by atoms with van der Waals surface area (Å²) in [5, 5.41) is 8.30. The van der Waals surface area contributed by atoms with Crippen molar-refractivity contribution in [2.24, 2.45) is 0 Å². The second-order valence-corrected chi connectivity index (χ2v) is 6.43. The Balaban J connectivity index is 2.37. The van der Waals surface area contributed by atoms with Crippen molar-refractivity contribution in [1.29, 1.82) is 0 Å². The predicted octanol–water partition coefficient (Wildman–Crippen LogP) is 4.64. The minimum atomic E-state index is 0.255. The predicted molar refractivity (Wildman–Crippen MR) is 78.7 cm³/mol. The summed E-state index contributed by atoms with van der Waals surface area (Å²) in [6, 6.07) is 5.96. The van der Waals surface area contributed by atoms with E-state index >= 15 is 0 Å². The number of alkyl halides is 1. The van der Waals surface area contributed by atoms with Crippen molar-refractivity contribution in [2.75, 3.05) is 0 Å². The molecule has 0 fully saturated rings. The lowest BCUT2D eigenvalue weighted by Crippen LogP contribution is -1.95. The van der Waals surface area contributed by atoms with Crippen molar-refractivity contribution < 1.29 is 0 Å². The van der Waals surface area contributed by atoms with Crippen molar-refractivity contribution in [3.8, 4) is 5.69 Å². The number of hydrogen-bond donors (Lipinski definition) is 0. The van der Waals surface area contributed by atoms with Gasteiger partial charge in [-0.3, -0.25) is 0 Å². The Labute approximate surface area is 125 Å². The van der Waals surface area contributed by atoms with Crippen LogP contribution in [0, 0.1) is 0 Å². The molecular formula is C11H10Br3N3.